The summed E-state index contributed by atoms with van der Waals surface area (Å²) in [6, 6.07) is 11.9. The molecule has 0 saturated carbocycles. The number of hydrogen-bond donors (Lipinski definition) is 1. The van der Waals surface area contributed by atoms with Crippen molar-refractivity contribution in [3.63, 3.8) is 0 Å². The van der Waals surface area contributed by atoms with Crippen LogP contribution in [0.4, 0.5) is 0 Å². The van der Waals surface area contributed by atoms with Gasteiger partial charge in [0.25, 0.3) is 0 Å². The number of aromatic nitrogens is 3. The van der Waals surface area contributed by atoms with Crippen LogP contribution in [-0.4, -0.2) is 14.5 Å². The van der Waals surface area contributed by atoms with Crippen molar-refractivity contribution >= 4 is 45.1 Å². The number of imidazole rings is 1. The molecule has 2 heterocycles. The van der Waals surface area contributed by atoms with Crippen LogP contribution in [0.1, 0.15) is 5.69 Å². The Hall–Kier alpha value is -1.97. The van der Waals surface area contributed by atoms with E-state index in [1.54, 1.807) is 6.07 Å². The topological polar surface area (TPSA) is 33.6 Å². The highest BCUT2D eigenvalue weighted by molar-refractivity contribution is 6.42. The normalized spacial score (nSPS) is 11.6. The number of fused-ring (bicyclic) bond motifs is 2. The van der Waals surface area contributed by atoms with Gasteiger partial charge in [0.1, 0.15) is 5.82 Å². The van der Waals surface area contributed by atoms with E-state index >= 15 is 0 Å². The van der Waals surface area contributed by atoms with E-state index in [0.717, 1.165) is 28.1 Å². The van der Waals surface area contributed by atoms with Crippen molar-refractivity contribution in [1.29, 1.82) is 0 Å². The van der Waals surface area contributed by atoms with Gasteiger partial charge in [0.15, 0.2) is 0 Å². The van der Waals surface area contributed by atoms with Crippen molar-refractivity contribution in [2.45, 2.75) is 6.92 Å². The van der Waals surface area contributed by atoms with Crippen molar-refractivity contribution in [2.24, 2.45) is 7.05 Å². The van der Waals surface area contributed by atoms with Gasteiger partial charge in [-0.15, -0.1) is 0 Å². The van der Waals surface area contributed by atoms with Crippen LogP contribution in [0.3, 0.4) is 0 Å². The number of para-hydroxylation sites is 1. The first-order valence-electron chi connectivity index (χ1n) is 6.95. The molecule has 0 aliphatic rings. The molecule has 0 aliphatic carbocycles. The SMILES string of the molecule is Cc1c(-c2nc3cc(Cl)c(Cl)cc3[nH]2)c2ccccc2n1C. The third kappa shape index (κ3) is 1.86. The number of nitrogens with zero attached hydrogens (tertiary/aromatic N) is 2. The van der Waals surface area contributed by atoms with Crippen molar-refractivity contribution < 1.29 is 0 Å². The van der Waals surface area contributed by atoms with E-state index in [9.17, 15) is 0 Å². The second-order valence-electron chi connectivity index (χ2n) is 5.41. The Morgan fingerprint density at radius 2 is 1.82 bits per heavy atom. The van der Waals surface area contributed by atoms with E-state index < -0.39 is 0 Å². The van der Waals surface area contributed by atoms with Gasteiger partial charge in [-0.05, 0) is 25.1 Å². The van der Waals surface area contributed by atoms with Gasteiger partial charge in [-0.3, -0.25) is 0 Å². The molecular formula is C17H13Cl2N3. The summed E-state index contributed by atoms with van der Waals surface area (Å²) in [5.41, 5.74) is 5.17. The van der Waals surface area contributed by atoms with Crippen LogP contribution in [0.15, 0.2) is 36.4 Å². The molecule has 110 valence electrons. The molecule has 0 fully saturated rings. The van der Waals surface area contributed by atoms with Crippen molar-refractivity contribution in [1.82, 2.24) is 14.5 Å². The third-order valence-corrected chi connectivity index (χ3v) is 4.88. The van der Waals surface area contributed by atoms with E-state index in [1.165, 1.54) is 10.9 Å². The minimum absolute atomic E-state index is 0.516. The van der Waals surface area contributed by atoms with Crippen LogP contribution in [-0.2, 0) is 7.05 Å². The molecule has 5 heteroatoms. The van der Waals surface area contributed by atoms with Gasteiger partial charge in [0, 0.05) is 29.2 Å². The Kier molecular flexibility index (Phi) is 2.96. The molecule has 0 amide bonds. The largest absolute Gasteiger partial charge is 0.347 e. The number of hydrogen-bond acceptors (Lipinski definition) is 1. The van der Waals surface area contributed by atoms with E-state index in [1.807, 2.05) is 18.2 Å². The molecule has 0 saturated heterocycles. The van der Waals surface area contributed by atoms with Crippen LogP contribution in [0, 0.1) is 6.92 Å². The first kappa shape index (κ1) is 13.7. The zero-order valence-electron chi connectivity index (χ0n) is 12.1. The van der Waals surface area contributed by atoms with Crippen LogP contribution < -0.4 is 0 Å². The van der Waals surface area contributed by atoms with Crippen LogP contribution in [0.2, 0.25) is 10.0 Å². The first-order valence-corrected chi connectivity index (χ1v) is 7.71. The molecule has 0 unspecified atom stereocenters. The number of H-pyrrole nitrogens is 1. The third-order valence-electron chi connectivity index (χ3n) is 4.16. The Balaban J connectivity index is 2.05. The van der Waals surface area contributed by atoms with Gasteiger partial charge in [-0.1, -0.05) is 41.4 Å². The standard InChI is InChI=1S/C17H13Cl2N3/c1-9-16(10-5-3-4-6-15(10)22(9)2)17-20-13-7-11(18)12(19)8-14(13)21-17/h3-8H,1-2H3,(H,20,21). The number of nitrogens with one attached hydrogen (secondary N) is 1. The number of halogens is 2. The number of benzene rings is 2. The molecule has 0 radical (unpaired) electrons. The maximum atomic E-state index is 6.09. The maximum Gasteiger partial charge on any atom is 0.140 e. The number of aryl methyl sites for hydroxylation is 1. The minimum atomic E-state index is 0.516. The Bertz CT molecular complexity index is 988. The second kappa shape index (κ2) is 4.77. The summed E-state index contributed by atoms with van der Waals surface area (Å²) in [6.07, 6.45) is 0. The van der Waals surface area contributed by atoms with Crippen molar-refractivity contribution in [3.8, 4) is 11.4 Å². The second-order valence-corrected chi connectivity index (χ2v) is 6.22. The van der Waals surface area contributed by atoms with Gasteiger partial charge < -0.3 is 9.55 Å². The summed E-state index contributed by atoms with van der Waals surface area (Å²) in [5.74, 6) is 0.836. The number of aromatic amines is 1. The highest BCUT2D eigenvalue weighted by Crippen LogP contribution is 2.34. The molecule has 2 aromatic carbocycles. The fourth-order valence-electron chi connectivity index (χ4n) is 2.94. The zero-order valence-corrected chi connectivity index (χ0v) is 13.6. The molecule has 4 rings (SSSR count). The van der Waals surface area contributed by atoms with Crippen molar-refractivity contribution in [3.05, 3.63) is 52.1 Å². The van der Waals surface area contributed by atoms with Crippen LogP contribution >= 0.6 is 23.2 Å². The van der Waals surface area contributed by atoms with Gasteiger partial charge in [-0.2, -0.15) is 0 Å². The summed E-state index contributed by atoms with van der Waals surface area (Å²) in [6.45, 7) is 2.10. The minimum Gasteiger partial charge on any atom is -0.347 e. The zero-order chi connectivity index (χ0) is 15.4. The van der Waals surface area contributed by atoms with E-state index in [4.69, 9.17) is 28.2 Å². The summed E-state index contributed by atoms with van der Waals surface area (Å²) in [5, 5.41) is 2.22. The molecule has 0 spiro atoms. The highest BCUT2D eigenvalue weighted by atomic mass is 35.5. The van der Waals surface area contributed by atoms with E-state index in [2.05, 4.69) is 35.7 Å². The van der Waals surface area contributed by atoms with Crippen molar-refractivity contribution in [2.75, 3.05) is 0 Å². The number of rotatable bonds is 1. The first-order chi connectivity index (χ1) is 10.6. The summed E-state index contributed by atoms with van der Waals surface area (Å²) < 4.78 is 2.18. The van der Waals surface area contributed by atoms with Crippen LogP contribution in [0.25, 0.3) is 33.3 Å². The van der Waals surface area contributed by atoms with Gasteiger partial charge in [0.2, 0.25) is 0 Å². The van der Waals surface area contributed by atoms with Gasteiger partial charge in [0.05, 0.1) is 21.1 Å². The lowest BCUT2D eigenvalue weighted by atomic mass is 10.1. The fourth-order valence-corrected chi connectivity index (χ4v) is 3.26. The predicted octanol–water partition coefficient (Wildman–Crippen LogP) is 5.34. The lowest BCUT2D eigenvalue weighted by Gasteiger charge is -1.98. The average molecular weight is 330 g/mol. The van der Waals surface area contributed by atoms with E-state index in [-0.39, 0.29) is 0 Å². The highest BCUT2D eigenvalue weighted by Gasteiger charge is 2.17. The van der Waals surface area contributed by atoms with Crippen LogP contribution in [0.5, 0.6) is 0 Å². The Labute approximate surface area is 137 Å². The summed E-state index contributed by atoms with van der Waals surface area (Å²) >= 11 is 12.2. The molecule has 3 nitrogen and oxygen atoms in total. The molecule has 0 atom stereocenters. The predicted molar refractivity (Wildman–Crippen MR) is 92.8 cm³/mol. The van der Waals surface area contributed by atoms with Gasteiger partial charge in [-0.25, -0.2) is 4.98 Å². The quantitative estimate of drug-likeness (QED) is 0.502. The summed E-state index contributed by atoms with van der Waals surface area (Å²) in [7, 11) is 2.07. The molecular weight excluding hydrogens is 317 g/mol. The molecule has 2 aromatic heterocycles. The monoisotopic (exact) mass is 329 g/mol. The van der Waals surface area contributed by atoms with Gasteiger partial charge >= 0.3 is 0 Å². The summed E-state index contributed by atoms with van der Waals surface area (Å²) in [4.78, 5) is 8.06. The molecule has 0 aliphatic heterocycles. The molecule has 1 N–H and O–H groups in total. The lowest BCUT2D eigenvalue weighted by Crippen LogP contribution is -1.90. The fraction of sp³-hybridized carbons (Fsp3) is 0.118. The molecule has 22 heavy (non-hydrogen) atoms. The lowest BCUT2D eigenvalue weighted by molar-refractivity contribution is 0.918. The smallest absolute Gasteiger partial charge is 0.140 e. The van der Waals surface area contributed by atoms with E-state index in [0.29, 0.717) is 10.0 Å². The Morgan fingerprint density at radius 1 is 1.09 bits per heavy atom. The Morgan fingerprint density at radius 3 is 2.64 bits per heavy atom. The molecule has 0 bridgehead atoms. The molecule has 4 aromatic rings. The average Bonchev–Trinajstić information content (AvgIpc) is 3.00. The maximum absolute atomic E-state index is 6.09.